The van der Waals surface area contributed by atoms with Crippen molar-refractivity contribution >= 4 is 93.3 Å². The molecule has 1 saturated heterocycles. The molecule has 5 aromatic carbocycles. The van der Waals surface area contributed by atoms with Crippen LogP contribution in [0.4, 0.5) is 0 Å². The summed E-state index contributed by atoms with van der Waals surface area (Å²) >= 11 is 0. The normalized spacial score (nSPS) is 17.0. The maximum Gasteiger partial charge on any atom is 0.242 e. The number of likely N-dealkylation sites (N-methyl/N-ethyl adjacent to an activating group) is 1. The molecular formula is C83H127N19O17S4. The van der Waals surface area contributed by atoms with Gasteiger partial charge in [0.05, 0.1) is 55.2 Å². The van der Waals surface area contributed by atoms with E-state index in [1.165, 1.54) is 0 Å². The number of hydrogen-bond acceptors (Lipinski definition) is 23. The Bertz CT molecular complexity index is 4580. The van der Waals surface area contributed by atoms with Gasteiger partial charge in [0.25, 0.3) is 0 Å². The number of sulfonamides is 4. The molecule has 0 aromatic heterocycles. The predicted molar refractivity (Wildman–Crippen MR) is 471 cm³/mol. The Morgan fingerprint density at radius 1 is 0.480 bits per heavy atom. The first-order valence-electron chi connectivity index (χ1n) is 41.7. The van der Waals surface area contributed by atoms with Gasteiger partial charge >= 0.3 is 0 Å². The van der Waals surface area contributed by atoms with Crippen molar-refractivity contribution in [1.29, 1.82) is 0 Å². The van der Waals surface area contributed by atoms with Gasteiger partial charge in [0, 0.05) is 76.4 Å². The van der Waals surface area contributed by atoms with Crippen LogP contribution in [0.2, 0.25) is 0 Å². The van der Waals surface area contributed by atoms with Crippen molar-refractivity contribution in [2.24, 2.45) is 34.4 Å². The van der Waals surface area contributed by atoms with Crippen LogP contribution in [0.1, 0.15) is 118 Å². The number of rotatable bonds is 51. The lowest BCUT2D eigenvalue weighted by Crippen LogP contribution is -2.58. The lowest BCUT2D eigenvalue weighted by Gasteiger charge is -2.31. The first-order valence-corrected chi connectivity index (χ1v) is 48.2. The highest BCUT2D eigenvalue weighted by Gasteiger charge is 2.38. The molecule has 0 bridgehead atoms. The predicted octanol–water partition coefficient (Wildman–Crippen LogP) is -1.51. The molecule has 8 unspecified atom stereocenters. The summed E-state index contributed by atoms with van der Waals surface area (Å²) in [5.74, 6) is -10.0. The standard InChI is InChI=1S/C83H127N19O17S4/c1-90-71(36-18-22-42-85)80(108)92-67(35-17-21-41-84)52-102(123(118,119)61-66-33-15-6-16-34-66)59-79(107)98-74-39-40-76(104)91-46-24-20-38-73(97-78(106)58-101(121(114,115)48-45-88)55-70(95-83(74)111)51-64-29-11-4-12-30-64)82(110)94-69(50-63-27-9-3-10-28-63)54-100(120(112,113)47-44-87)57-77(105)96-72(37-19-23-43-86)81(109)93-68(49-62-25-7-2-8-26-62)53-99(56-75(89)103)122(116,117)60-65-31-13-5-14-32-65/h2-16,25-34,67-74,90H,17-24,35-61,84-88H2,1H3,(H2,89,103)(H,91,104)(H,92,108)(H,93,109)(H,94,110)(H,95,111)(H,96,105)(H,97,106)(H,98,107). The lowest BCUT2D eigenvalue weighted by atomic mass is 10.0. The Morgan fingerprint density at radius 2 is 0.935 bits per heavy atom. The number of nitrogens with zero attached hydrogens (tertiary/aromatic N) is 4. The second kappa shape index (κ2) is 53.8. The molecule has 9 amide bonds. The Morgan fingerprint density at radius 3 is 1.45 bits per heavy atom. The fraction of sp³-hybridized carbons (Fsp3) is 0.530. The number of nitrogens with one attached hydrogen (secondary N) is 9. The highest BCUT2D eigenvalue weighted by molar-refractivity contribution is 7.89. The number of amides is 9. The van der Waals surface area contributed by atoms with Crippen LogP contribution in [0.25, 0.3) is 0 Å². The molecule has 5 aromatic rings. The molecule has 1 aliphatic rings. The van der Waals surface area contributed by atoms with Crippen LogP contribution in [0.3, 0.4) is 0 Å². The average Bonchev–Trinajstić information content (AvgIpc) is 0.831. The van der Waals surface area contributed by atoms with Crippen molar-refractivity contribution < 1.29 is 76.8 Å². The maximum atomic E-state index is 15.2. The molecule has 0 aliphatic carbocycles. The van der Waals surface area contributed by atoms with E-state index >= 15 is 9.59 Å². The van der Waals surface area contributed by atoms with E-state index in [-0.39, 0.29) is 83.8 Å². The second-order valence-corrected chi connectivity index (χ2v) is 38.8. The molecule has 36 nitrogen and oxygen atoms in total. The largest absolute Gasteiger partial charge is 0.369 e. The van der Waals surface area contributed by atoms with Crippen LogP contribution < -0.4 is 82.3 Å². The summed E-state index contributed by atoms with van der Waals surface area (Å²) in [6.07, 6.45) is 2.71. The highest BCUT2D eigenvalue weighted by atomic mass is 32.2. The number of unbranched alkanes of at least 4 members (excludes halogenated alkanes) is 3. The maximum absolute atomic E-state index is 15.2. The van der Waals surface area contributed by atoms with E-state index in [2.05, 4.69) is 47.9 Å². The van der Waals surface area contributed by atoms with Crippen LogP contribution in [-0.2, 0) is 114 Å². The second-order valence-electron chi connectivity index (χ2n) is 30.7. The van der Waals surface area contributed by atoms with Gasteiger partial charge in [0.15, 0.2) is 0 Å². The molecule has 680 valence electrons. The zero-order valence-corrected chi connectivity index (χ0v) is 73.4. The van der Waals surface area contributed by atoms with Crippen molar-refractivity contribution in [1.82, 2.24) is 65.1 Å². The Balaban J connectivity index is 1.30. The minimum Gasteiger partial charge on any atom is -0.369 e. The number of hydrogen-bond donors (Lipinski definition) is 15. The van der Waals surface area contributed by atoms with Crippen molar-refractivity contribution in [3.63, 3.8) is 0 Å². The van der Waals surface area contributed by atoms with Crippen molar-refractivity contribution in [3.8, 4) is 0 Å². The van der Waals surface area contributed by atoms with E-state index in [4.69, 9.17) is 34.4 Å². The van der Waals surface area contributed by atoms with E-state index in [1.807, 2.05) is 0 Å². The summed E-state index contributed by atoms with van der Waals surface area (Å²) in [4.78, 5) is 130. The summed E-state index contributed by atoms with van der Waals surface area (Å²) in [6, 6.07) is 32.7. The number of carbonyl (C=O) groups excluding carboxylic acids is 9. The van der Waals surface area contributed by atoms with Gasteiger partial charge in [-0.25, -0.2) is 33.7 Å². The number of nitrogens with two attached hydrogens (primary N) is 6. The monoisotopic (exact) mass is 1790 g/mol. The fourth-order valence-corrected chi connectivity index (χ4v) is 19.8. The van der Waals surface area contributed by atoms with Gasteiger partial charge in [0.1, 0.15) is 18.1 Å². The third-order valence-electron chi connectivity index (χ3n) is 20.5. The van der Waals surface area contributed by atoms with Crippen molar-refractivity contribution in [2.75, 3.05) is 110 Å². The minimum atomic E-state index is -4.55. The number of carbonyl (C=O) groups is 9. The van der Waals surface area contributed by atoms with Gasteiger partial charge in [-0.1, -0.05) is 165 Å². The Kier molecular flexibility index (Phi) is 44.8. The van der Waals surface area contributed by atoms with E-state index in [9.17, 15) is 67.2 Å². The van der Waals surface area contributed by atoms with Gasteiger partial charge in [-0.3, -0.25) is 43.2 Å². The summed E-state index contributed by atoms with van der Waals surface area (Å²) in [7, 11) is -16.2. The van der Waals surface area contributed by atoms with Crippen LogP contribution >= 0.6 is 0 Å². The molecule has 6 rings (SSSR count). The lowest BCUT2D eigenvalue weighted by molar-refractivity contribution is -0.130. The van der Waals surface area contributed by atoms with E-state index in [0.717, 1.165) is 17.2 Å². The summed E-state index contributed by atoms with van der Waals surface area (Å²) < 4.78 is 119. The first kappa shape index (κ1) is 103. The van der Waals surface area contributed by atoms with E-state index < -0.39 is 230 Å². The molecule has 0 spiro atoms. The third-order valence-corrected chi connectivity index (χ3v) is 27.6. The van der Waals surface area contributed by atoms with E-state index in [1.54, 1.807) is 159 Å². The van der Waals surface area contributed by atoms with Gasteiger partial charge < -0.3 is 82.3 Å². The summed E-state index contributed by atoms with van der Waals surface area (Å²) in [5, 5.41) is 25.5. The molecule has 1 aliphatic heterocycles. The van der Waals surface area contributed by atoms with Gasteiger partial charge in [-0.15, -0.1) is 0 Å². The summed E-state index contributed by atoms with van der Waals surface area (Å²) in [6.45, 7) is -5.59. The van der Waals surface area contributed by atoms with Gasteiger partial charge in [-0.05, 0) is 144 Å². The van der Waals surface area contributed by atoms with Crippen LogP contribution in [0, 0.1) is 0 Å². The van der Waals surface area contributed by atoms with Crippen LogP contribution in [0.15, 0.2) is 152 Å². The molecule has 0 saturated carbocycles. The third kappa shape index (κ3) is 38.0. The topological polar surface area (TPSA) is 568 Å². The molecule has 1 fully saturated rings. The highest BCUT2D eigenvalue weighted by Crippen LogP contribution is 2.20. The average molecular weight is 1790 g/mol. The van der Waals surface area contributed by atoms with Crippen molar-refractivity contribution in [3.05, 3.63) is 179 Å². The molecule has 123 heavy (non-hydrogen) atoms. The SMILES string of the molecule is CNC(CCCCN)C(=O)NC(CCCCN)CN(CC(=O)NC1CCC(=O)NCCCCC(C(=O)NC(Cc2ccccc2)CN(CC(=O)NC(CCCCN)C(=O)NC(Cc2ccccc2)CN(CC(N)=O)S(=O)(=O)Cc2ccccc2)S(=O)(=O)CCN)NC(=O)CN(S(=O)(=O)CCN)CC(Cc2ccccc2)NC1=O)S(=O)(=O)Cc1ccccc1. The molecular weight excluding hydrogens is 1660 g/mol. The van der Waals surface area contributed by atoms with Crippen LogP contribution in [0.5, 0.6) is 0 Å². The van der Waals surface area contributed by atoms with E-state index in [0.29, 0.717) is 79.4 Å². The number of benzene rings is 5. The van der Waals surface area contributed by atoms with Gasteiger partial charge in [-0.2, -0.15) is 17.2 Å². The smallest absolute Gasteiger partial charge is 0.242 e. The zero-order valence-electron chi connectivity index (χ0n) is 70.1. The quantitative estimate of drug-likeness (QED) is 0.0197. The molecule has 21 N–H and O–H groups in total. The Hall–Kier alpha value is -9.27. The molecule has 40 heteroatoms. The van der Waals surface area contributed by atoms with Crippen LogP contribution in [-0.4, -0.2) is 263 Å². The van der Waals surface area contributed by atoms with Gasteiger partial charge in [0.2, 0.25) is 93.3 Å². The number of primary amides is 1. The Labute approximate surface area is 724 Å². The molecule has 8 atom stereocenters. The van der Waals surface area contributed by atoms with Crippen molar-refractivity contribution in [2.45, 2.75) is 169 Å². The molecule has 1 heterocycles. The first-order chi connectivity index (χ1) is 58.8. The fourth-order valence-electron chi connectivity index (χ4n) is 14.2. The molecule has 0 radical (unpaired) electrons. The minimum absolute atomic E-state index is 0.0325. The zero-order chi connectivity index (χ0) is 89.8. The summed E-state index contributed by atoms with van der Waals surface area (Å²) in [5.41, 5.74) is 37.6.